The van der Waals surface area contributed by atoms with E-state index in [1.807, 2.05) is 31.2 Å². The minimum atomic E-state index is -0.244. The van der Waals surface area contributed by atoms with Crippen molar-refractivity contribution >= 4 is 5.69 Å². The van der Waals surface area contributed by atoms with Gasteiger partial charge in [0.1, 0.15) is 11.4 Å². The molecule has 1 aromatic heterocycles. The van der Waals surface area contributed by atoms with E-state index in [1.165, 1.54) is 4.68 Å². The number of hydrogen-bond donors (Lipinski definition) is 1. The highest BCUT2D eigenvalue weighted by Gasteiger charge is 2.12. The van der Waals surface area contributed by atoms with Gasteiger partial charge in [0.2, 0.25) is 0 Å². The highest BCUT2D eigenvalue weighted by molar-refractivity contribution is 5.68. The van der Waals surface area contributed by atoms with Crippen molar-refractivity contribution in [3.63, 3.8) is 0 Å². The molecule has 2 aromatic rings. The fourth-order valence-corrected chi connectivity index (χ4v) is 2.12. The van der Waals surface area contributed by atoms with Crippen LogP contribution in [0, 0.1) is 5.92 Å². The van der Waals surface area contributed by atoms with Gasteiger partial charge in [0, 0.05) is 12.1 Å². The fraction of sp³-hybridized carbons (Fsp3) is 0.412. The van der Waals surface area contributed by atoms with E-state index in [9.17, 15) is 4.79 Å². The predicted molar refractivity (Wildman–Crippen MR) is 89.0 cm³/mol. The lowest BCUT2D eigenvalue weighted by Crippen LogP contribution is -2.25. The minimum Gasteiger partial charge on any atom is -0.493 e. The summed E-state index contributed by atoms with van der Waals surface area (Å²) in [6.07, 6.45) is 0.821. The topological polar surface area (TPSA) is 70.1 Å². The Morgan fingerprint density at radius 2 is 2.05 bits per heavy atom. The largest absolute Gasteiger partial charge is 0.493 e. The SMILES string of the molecule is CCCn1nc(-c2ccccc2OCC(C)C)cc(N)c1=O. The molecular formula is C17H23N3O2. The number of anilines is 1. The number of nitrogens with two attached hydrogens (primary N) is 1. The van der Waals surface area contributed by atoms with Crippen LogP contribution < -0.4 is 16.0 Å². The lowest BCUT2D eigenvalue weighted by atomic mass is 10.1. The van der Waals surface area contributed by atoms with Crippen LogP contribution >= 0.6 is 0 Å². The highest BCUT2D eigenvalue weighted by atomic mass is 16.5. The van der Waals surface area contributed by atoms with Gasteiger partial charge in [-0.1, -0.05) is 32.9 Å². The number of benzene rings is 1. The van der Waals surface area contributed by atoms with E-state index in [4.69, 9.17) is 10.5 Å². The fourth-order valence-electron chi connectivity index (χ4n) is 2.12. The van der Waals surface area contributed by atoms with Crippen LogP contribution in [0.25, 0.3) is 11.3 Å². The Morgan fingerprint density at radius 3 is 2.73 bits per heavy atom. The van der Waals surface area contributed by atoms with Gasteiger partial charge in [0.05, 0.1) is 12.3 Å². The molecule has 22 heavy (non-hydrogen) atoms. The first kappa shape index (κ1) is 16.1. The summed E-state index contributed by atoms with van der Waals surface area (Å²) in [6.45, 7) is 7.37. The van der Waals surface area contributed by atoms with Crippen molar-refractivity contribution in [1.29, 1.82) is 0 Å². The number of nitrogen functional groups attached to an aromatic ring is 1. The van der Waals surface area contributed by atoms with Gasteiger partial charge < -0.3 is 10.5 Å². The molecule has 0 spiro atoms. The molecule has 0 aliphatic rings. The van der Waals surface area contributed by atoms with Gasteiger partial charge >= 0.3 is 0 Å². The van der Waals surface area contributed by atoms with Gasteiger partial charge in [-0.2, -0.15) is 5.10 Å². The molecule has 1 heterocycles. The van der Waals surface area contributed by atoms with E-state index in [0.29, 0.717) is 24.8 Å². The number of nitrogens with zero attached hydrogens (tertiary/aromatic N) is 2. The number of aromatic nitrogens is 2. The number of hydrogen-bond acceptors (Lipinski definition) is 4. The smallest absolute Gasteiger partial charge is 0.289 e. The Bertz CT molecular complexity index is 693. The Hall–Kier alpha value is -2.30. The van der Waals surface area contributed by atoms with Crippen LogP contribution in [0.15, 0.2) is 35.1 Å². The van der Waals surface area contributed by atoms with Crippen LogP contribution in [0.2, 0.25) is 0 Å². The zero-order chi connectivity index (χ0) is 16.1. The van der Waals surface area contributed by atoms with Crippen LogP contribution in [-0.4, -0.2) is 16.4 Å². The summed E-state index contributed by atoms with van der Waals surface area (Å²) in [4.78, 5) is 12.0. The van der Waals surface area contributed by atoms with Gasteiger partial charge in [0.25, 0.3) is 5.56 Å². The van der Waals surface area contributed by atoms with E-state index in [1.54, 1.807) is 6.07 Å². The van der Waals surface area contributed by atoms with Crippen LogP contribution in [0.4, 0.5) is 5.69 Å². The first-order valence-corrected chi connectivity index (χ1v) is 7.62. The van der Waals surface area contributed by atoms with Gasteiger partial charge in [-0.15, -0.1) is 0 Å². The van der Waals surface area contributed by atoms with Crippen LogP contribution in [0.5, 0.6) is 5.75 Å². The summed E-state index contributed by atoms with van der Waals surface area (Å²) in [5.41, 5.74) is 7.31. The number of ether oxygens (including phenoxy) is 1. The maximum absolute atomic E-state index is 12.0. The number of aryl methyl sites for hydroxylation is 1. The molecule has 0 radical (unpaired) electrons. The average molecular weight is 301 g/mol. The highest BCUT2D eigenvalue weighted by Crippen LogP contribution is 2.28. The molecule has 0 saturated carbocycles. The van der Waals surface area contributed by atoms with Crippen LogP contribution in [0.3, 0.4) is 0 Å². The van der Waals surface area contributed by atoms with Crippen molar-refractivity contribution in [3.8, 4) is 17.0 Å². The van der Waals surface area contributed by atoms with Gasteiger partial charge in [0.15, 0.2) is 0 Å². The molecule has 0 fully saturated rings. The van der Waals surface area contributed by atoms with E-state index in [-0.39, 0.29) is 11.2 Å². The molecule has 2 rings (SSSR count). The summed E-state index contributed by atoms with van der Waals surface area (Å²) in [5.74, 6) is 1.19. The maximum atomic E-state index is 12.0. The van der Waals surface area contributed by atoms with E-state index in [2.05, 4.69) is 18.9 Å². The number of para-hydroxylation sites is 1. The summed E-state index contributed by atoms with van der Waals surface area (Å²) in [5, 5.41) is 4.43. The summed E-state index contributed by atoms with van der Waals surface area (Å²) in [7, 11) is 0. The van der Waals surface area contributed by atoms with Crippen LogP contribution in [0.1, 0.15) is 27.2 Å². The molecular weight excluding hydrogens is 278 g/mol. The maximum Gasteiger partial charge on any atom is 0.289 e. The zero-order valence-electron chi connectivity index (χ0n) is 13.4. The van der Waals surface area contributed by atoms with Crippen LogP contribution in [-0.2, 0) is 6.54 Å². The minimum absolute atomic E-state index is 0.206. The van der Waals surface area contributed by atoms with Gasteiger partial charge in [-0.3, -0.25) is 4.79 Å². The Kier molecular flexibility index (Phi) is 5.20. The van der Waals surface area contributed by atoms with E-state index >= 15 is 0 Å². The molecule has 0 unspecified atom stereocenters. The normalized spacial score (nSPS) is 10.9. The molecule has 5 heteroatoms. The molecule has 1 aromatic carbocycles. The van der Waals surface area contributed by atoms with Crippen molar-refractivity contribution in [3.05, 3.63) is 40.7 Å². The second-order valence-electron chi connectivity index (χ2n) is 5.71. The zero-order valence-corrected chi connectivity index (χ0v) is 13.4. The van der Waals surface area contributed by atoms with Crippen molar-refractivity contribution in [2.24, 2.45) is 5.92 Å². The molecule has 118 valence electrons. The monoisotopic (exact) mass is 301 g/mol. The van der Waals surface area contributed by atoms with E-state index < -0.39 is 0 Å². The third-order valence-corrected chi connectivity index (χ3v) is 3.17. The molecule has 0 aliphatic carbocycles. The first-order valence-electron chi connectivity index (χ1n) is 7.62. The molecule has 0 aliphatic heterocycles. The molecule has 0 saturated heterocycles. The predicted octanol–water partition coefficient (Wildman–Crippen LogP) is 2.94. The van der Waals surface area contributed by atoms with Crippen molar-refractivity contribution in [2.45, 2.75) is 33.7 Å². The summed E-state index contributed by atoms with van der Waals surface area (Å²) >= 11 is 0. The number of rotatable bonds is 6. The Morgan fingerprint density at radius 1 is 1.32 bits per heavy atom. The Balaban J connectivity index is 2.45. The van der Waals surface area contributed by atoms with Gasteiger partial charge in [-0.25, -0.2) is 4.68 Å². The quantitative estimate of drug-likeness (QED) is 0.890. The summed E-state index contributed by atoms with van der Waals surface area (Å²) in [6, 6.07) is 9.30. The first-order chi connectivity index (χ1) is 10.5. The molecule has 2 N–H and O–H groups in total. The molecule has 0 bridgehead atoms. The van der Waals surface area contributed by atoms with Crippen molar-refractivity contribution in [2.75, 3.05) is 12.3 Å². The molecule has 0 atom stereocenters. The second-order valence-corrected chi connectivity index (χ2v) is 5.71. The van der Waals surface area contributed by atoms with E-state index in [0.717, 1.165) is 17.7 Å². The molecule has 0 amide bonds. The summed E-state index contributed by atoms with van der Waals surface area (Å²) < 4.78 is 7.28. The average Bonchev–Trinajstić information content (AvgIpc) is 2.50. The lowest BCUT2D eigenvalue weighted by molar-refractivity contribution is 0.272. The van der Waals surface area contributed by atoms with Crippen molar-refractivity contribution < 1.29 is 4.74 Å². The van der Waals surface area contributed by atoms with Crippen molar-refractivity contribution in [1.82, 2.24) is 9.78 Å². The molecule has 5 nitrogen and oxygen atoms in total. The van der Waals surface area contributed by atoms with Gasteiger partial charge in [-0.05, 0) is 30.5 Å². The third kappa shape index (κ3) is 3.67. The Labute approximate surface area is 130 Å². The standard InChI is InChI=1S/C17H23N3O2/c1-4-9-20-17(21)14(18)10-15(19-20)13-7-5-6-8-16(13)22-11-12(2)3/h5-8,10,12H,4,9,11,18H2,1-3H3. The lowest BCUT2D eigenvalue weighted by Gasteiger charge is -2.14. The second kappa shape index (κ2) is 7.11. The third-order valence-electron chi connectivity index (χ3n) is 3.17.